The Morgan fingerprint density at radius 2 is 1.94 bits per heavy atom. The molecule has 8 nitrogen and oxygen atoms in total. The number of piperidine rings is 1. The summed E-state index contributed by atoms with van der Waals surface area (Å²) >= 11 is 0. The van der Waals surface area contributed by atoms with Gasteiger partial charge in [0, 0.05) is 37.2 Å². The number of aromatic nitrogens is 2. The van der Waals surface area contributed by atoms with E-state index in [2.05, 4.69) is 9.97 Å². The summed E-state index contributed by atoms with van der Waals surface area (Å²) in [4.78, 5) is 22.8. The molecule has 1 aromatic heterocycles. The summed E-state index contributed by atoms with van der Waals surface area (Å²) in [5.41, 5.74) is -0.774. The highest BCUT2D eigenvalue weighted by atomic mass is 19.1. The van der Waals surface area contributed by atoms with Crippen molar-refractivity contribution in [3.05, 3.63) is 41.6 Å². The number of likely N-dealkylation sites (tertiary alicyclic amines) is 1. The summed E-state index contributed by atoms with van der Waals surface area (Å²) in [6, 6.07) is 3.06. The number of fused-ring (bicyclic) bond motifs is 2. The third-order valence-electron chi connectivity index (χ3n) is 6.37. The van der Waals surface area contributed by atoms with E-state index in [0.717, 1.165) is 18.6 Å². The number of methoxy groups -OCH3 is 2. The monoisotopic (exact) mass is 449 g/mol. The highest BCUT2D eigenvalue weighted by Gasteiger charge is 2.54. The van der Waals surface area contributed by atoms with Crippen molar-refractivity contribution in [3.63, 3.8) is 0 Å². The van der Waals surface area contributed by atoms with E-state index < -0.39 is 17.2 Å². The second kappa shape index (κ2) is 8.85. The average molecular weight is 449 g/mol. The number of amides is 1. The average Bonchev–Trinajstić information content (AvgIpc) is 2.77. The Morgan fingerprint density at radius 3 is 2.56 bits per heavy atom. The third kappa shape index (κ3) is 3.94. The molecule has 32 heavy (non-hydrogen) atoms. The summed E-state index contributed by atoms with van der Waals surface area (Å²) in [6.07, 6.45) is 3.86. The van der Waals surface area contributed by atoms with Crippen LogP contribution in [0.2, 0.25) is 0 Å². The lowest BCUT2D eigenvalue weighted by Gasteiger charge is -2.53. The second-order valence-corrected chi connectivity index (χ2v) is 8.09. The molecule has 1 saturated heterocycles. The fourth-order valence-corrected chi connectivity index (χ4v) is 4.80. The summed E-state index contributed by atoms with van der Waals surface area (Å²) in [7, 11) is 2.91. The van der Waals surface area contributed by atoms with Crippen molar-refractivity contribution in [1.29, 1.82) is 0 Å². The predicted octanol–water partition coefficient (Wildman–Crippen LogP) is 2.30. The van der Waals surface area contributed by atoms with E-state index in [9.17, 15) is 18.7 Å². The second-order valence-electron chi connectivity index (χ2n) is 8.09. The SMILES string of the molecule is COc1ncc(C2(O)[C@H]3CCC[C@H]2CN(C(=O)COc2ccc(F)cc2F)C3)c(OC)n1. The van der Waals surface area contributed by atoms with Gasteiger partial charge in [0.25, 0.3) is 5.91 Å². The summed E-state index contributed by atoms with van der Waals surface area (Å²) in [6.45, 7) is 0.224. The van der Waals surface area contributed by atoms with E-state index in [1.54, 1.807) is 4.90 Å². The van der Waals surface area contributed by atoms with Crippen LogP contribution in [0.3, 0.4) is 0 Å². The van der Waals surface area contributed by atoms with E-state index >= 15 is 0 Å². The quantitative estimate of drug-likeness (QED) is 0.723. The molecular formula is C22H25F2N3O5. The molecule has 0 spiro atoms. The zero-order chi connectivity index (χ0) is 22.9. The van der Waals surface area contributed by atoms with Gasteiger partial charge in [-0.05, 0) is 25.0 Å². The van der Waals surface area contributed by atoms with Gasteiger partial charge in [0.1, 0.15) is 11.4 Å². The molecule has 1 aliphatic heterocycles. The van der Waals surface area contributed by atoms with Crippen LogP contribution in [0.5, 0.6) is 17.6 Å². The van der Waals surface area contributed by atoms with Crippen LogP contribution >= 0.6 is 0 Å². The van der Waals surface area contributed by atoms with Gasteiger partial charge in [0.15, 0.2) is 18.2 Å². The molecule has 2 aromatic rings. The van der Waals surface area contributed by atoms with E-state index in [0.29, 0.717) is 37.6 Å². The number of nitrogens with zero attached hydrogens (tertiary/aromatic N) is 3. The Balaban J connectivity index is 1.51. The van der Waals surface area contributed by atoms with E-state index in [1.807, 2.05) is 0 Å². The Kier molecular flexibility index (Phi) is 6.14. The van der Waals surface area contributed by atoms with Crippen LogP contribution in [0.15, 0.2) is 24.4 Å². The maximum Gasteiger partial charge on any atom is 0.319 e. The molecule has 4 rings (SSSR count). The highest BCUT2D eigenvalue weighted by Crippen LogP contribution is 2.51. The lowest BCUT2D eigenvalue weighted by Crippen LogP contribution is -2.60. The van der Waals surface area contributed by atoms with Gasteiger partial charge in [-0.3, -0.25) is 4.79 Å². The molecule has 2 fully saturated rings. The molecule has 172 valence electrons. The van der Waals surface area contributed by atoms with Crippen LogP contribution in [-0.2, 0) is 10.4 Å². The van der Waals surface area contributed by atoms with Gasteiger partial charge < -0.3 is 24.2 Å². The van der Waals surface area contributed by atoms with Gasteiger partial charge in [-0.2, -0.15) is 4.98 Å². The number of aliphatic hydroxyl groups is 1. The number of carbonyl (C=O) groups is 1. The van der Waals surface area contributed by atoms with Crippen molar-refractivity contribution in [2.24, 2.45) is 11.8 Å². The molecule has 0 radical (unpaired) electrons. The lowest BCUT2D eigenvalue weighted by atomic mass is 9.63. The van der Waals surface area contributed by atoms with Crippen LogP contribution in [0.4, 0.5) is 8.78 Å². The Morgan fingerprint density at radius 1 is 1.22 bits per heavy atom. The fourth-order valence-electron chi connectivity index (χ4n) is 4.80. The first-order valence-electron chi connectivity index (χ1n) is 10.4. The molecule has 1 aromatic carbocycles. The smallest absolute Gasteiger partial charge is 0.319 e. The minimum atomic E-state index is -1.25. The van der Waals surface area contributed by atoms with Gasteiger partial charge in [0.05, 0.1) is 19.8 Å². The largest absolute Gasteiger partial charge is 0.481 e. The molecule has 2 heterocycles. The van der Waals surface area contributed by atoms with E-state index in [4.69, 9.17) is 14.2 Å². The minimum absolute atomic E-state index is 0.136. The van der Waals surface area contributed by atoms with E-state index in [-0.39, 0.29) is 42.0 Å². The van der Waals surface area contributed by atoms with Crippen molar-refractivity contribution in [2.75, 3.05) is 33.9 Å². The Labute approximate surface area is 184 Å². The van der Waals surface area contributed by atoms with Crippen molar-refractivity contribution in [2.45, 2.75) is 24.9 Å². The maximum atomic E-state index is 13.8. The highest BCUT2D eigenvalue weighted by molar-refractivity contribution is 5.78. The third-order valence-corrected chi connectivity index (χ3v) is 6.37. The molecule has 2 bridgehead atoms. The normalized spacial score (nSPS) is 24.7. The molecule has 0 unspecified atom stereocenters. The van der Waals surface area contributed by atoms with Crippen LogP contribution in [0.1, 0.15) is 24.8 Å². The summed E-state index contributed by atoms with van der Waals surface area (Å²) < 4.78 is 42.6. The summed E-state index contributed by atoms with van der Waals surface area (Å²) in [5.74, 6) is -2.37. The standard InChI is InChI=1S/C22H25F2N3O5/c1-30-20-16(9-25-21(26-20)31-2)22(29)13-4-3-5-14(22)11-27(10-13)19(28)12-32-18-7-6-15(23)8-17(18)24/h6-9,13-14,29H,3-5,10-12H2,1-2H3/t13-,14-/m0/s1. The predicted molar refractivity (Wildman–Crippen MR) is 108 cm³/mol. The zero-order valence-electron chi connectivity index (χ0n) is 17.9. The Bertz CT molecular complexity index is 992. The van der Waals surface area contributed by atoms with Gasteiger partial charge >= 0.3 is 6.01 Å². The minimum Gasteiger partial charge on any atom is -0.481 e. The lowest BCUT2D eigenvalue weighted by molar-refractivity contribution is -0.165. The molecule has 1 amide bonds. The number of halogens is 2. The number of benzene rings is 1. The van der Waals surface area contributed by atoms with Gasteiger partial charge in [-0.15, -0.1) is 0 Å². The van der Waals surface area contributed by atoms with Crippen molar-refractivity contribution in [3.8, 4) is 17.6 Å². The zero-order valence-corrected chi connectivity index (χ0v) is 17.9. The number of rotatable bonds is 6. The van der Waals surface area contributed by atoms with Crippen molar-refractivity contribution < 1.29 is 32.9 Å². The topological polar surface area (TPSA) is 94.0 Å². The van der Waals surface area contributed by atoms with Crippen molar-refractivity contribution >= 4 is 5.91 Å². The van der Waals surface area contributed by atoms with Gasteiger partial charge in [-0.25, -0.2) is 13.8 Å². The molecule has 2 atom stereocenters. The molecule has 1 N–H and O–H groups in total. The first-order valence-corrected chi connectivity index (χ1v) is 10.4. The Hall–Kier alpha value is -3.01. The first-order chi connectivity index (χ1) is 15.4. The maximum absolute atomic E-state index is 13.8. The molecule has 1 saturated carbocycles. The summed E-state index contributed by atoms with van der Waals surface area (Å²) in [5, 5.41) is 11.8. The van der Waals surface area contributed by atoms with E-state index in [1.165, 1.54) is 20.4 Å². The number of hydrogen-bond acceptors (Lipinski definition) is 7. The molecular weight excluding hydrogens is 424 g/mol. The number of ether oxygens (including phenoxy) is 3. The number of hydrogen-bond donors (Lipinski definition) is 1. The van der Waals surface area contributed by atoms with Crippen LogP contribution in [0.25, 0.3) is 0 Å². The molecule has 2 aliphatic rings. The molecule has 1 aliphatic carbocycles. The van der Waals surface area contributed by atoms with Crippen LogP contribution in [-0.4, -0.2) is 59.8 Å². The van der Waals surface area contributed by atoms with Gasteiger partial charge in [-0.1, -0.05) is 6.42 Å². The molecule has 10 heteroatoms. The van der Waals surface area contributed by atoms with Gasteiger partial charge in [0.2, 0.25) is 5.88 Å². The fraction of sp³-hybridized carbons (Fsp3) is 0.500. The van der Waals surface area contributed by atoms with Crippen LogP contribution in [0, 0.1) is 23.5 Å². The van der Waals surface area contributed by atoms with Crippen LogP contribution < -0.4 is 14.2 Å². The van der Waals surface area contributed by atoms with Crippen molar-refractivity contribution in [1.82, 2.24) is 14.9 Å². The first kappa shape index (κ1) is 22.2. The number of carbonyl (C=O) groups excluding carboxylic acids is 1.